The van der Waals surface area contributed by atoms with Crippen molar-refractivity contribution in [2.24, 2.45) is 5.73 Å². The number of ether oxygens (including phenoxy) is 2. The molecule has 1 fully saturated rings. The highest BCUT2D eigenvalue weighted by Gasteiger charge is 2.19. The molecule has 1 aliphatic heterocycles. The van der Waals surface area contributed by atoms with E-state index in [1.807, 2.05) is 26.8 Å². The Morgan fingerprint density at radius 1 is 0.822 bits per heavy atom. The third-order valence-corrected chi connectivity index (χ3v) is 7.40. The fraction of sp³-hybridized carbons (Fsp3) is 0.621. The maximum Gasteiger partial charge on any atom is 0.320 e. The Kier molecular flexibility index (Phi) is 18.3. The molecule has 2 rings (SSSR count). The molecule has 1 aromatic rings. The molecule has 0 spiro atoms. The third kappa shape index (κ3) is 15.8. The molecule has 16 nitrogen and oxygen atoms in total. The van der Waals surface area contributed by atoms with Crippen molar-refractivity contribution in [1.29, 1.82) is 0 Å². The molecule has 0 aromatic heterocycles. The third-order valence-electron chi connectivity index (χ3n) is 7.40. The number of carboxylic acids is 2. The van der Waals surface area contributed by atoms with Crippen molar-refractivity contribution in [3.8, 4) is 0 Å². The van der Waals surface area contributed by atoms with Crippen molar-refractivity contribution in [2.45, 2.75) is 31.8 Å². The fourth-order valence-corrected chi connectivity index (χ4v) is 4.80. The molecule has 45 heavy (non-hydrogen) atoms. The van der Waals surface area contributed by atoms with Crippen LogP contribution in [0.4, 0.5) is 0 Å². The van der Waals surface area contributed by atoms with Crippen LogP contribution in [0.3, 0.4) is 0 Å². The number of nitrogens with two attached hydrogens (primary N) is 1. The molecule has 0 radical (unpaired) electrons. The summed E-state index contributed by atoms with van der Waals surface area (Å²) < 4.78 is 9.94. The van der Waals surface area contributed by atoms with Crippen LogP contribution in [-0.2, 0) is 35.2 Å². The van der Waals surface area contributed by atoms with Gasteiger partial charge in [-0.05, 0) is 37.1 Å². The van der Waals surface area contributed by atoms with E-state index in [1.165, 1.54) is 0 Å². The number of carbonyl (C=O) groups excluding carboxylic acids is 3. The molecule has 16 heteroatoms. The molecule has 1 aromatic carbocycles. The Morgan fingerprint density at radius 2 is 1.36 bits per heavy atom. The summed E-state index contributed by atoms with van der Waals surface area (Å²) in [5.74, 6) is -2.26. The number of amides is 1. The summed E-state index contributed by atoms with van der Waals surface area (Å²) in [7, 11) is 0. The topological polar surface area (TPSA) is 207 Å². The first-order valence-electron chi connectivity index (χ1n) is 15.0. The maximum absolute atomic E-state index is 12.7. The number of unbranched alkanes of at least 4 members (excludes halogenated alkanes) is 1. The van der Waals surface area contributed by atoms with Gasteiger partial charge in [-0.25, -0.2) is 0 Å². The van der Waals surface area contributed by atoms with Crippen molar-refractivity contribution in [1.82, 2.24) is 30.2 Å². The molecular weight excluding hydrogens is 590 g/mol. The lowest BCUT2D eigenvalue weighted by molar-refractivity contribution is -0.140. The second-order valence-electron chi connectivity index (χ2n) is 10.7. The van der Waals surface area contributed by atoms with Crippen LogP contribution >= 0.6 is 0 Å². The van der Waals surface area contributed by atoms with Gasteiger partial charge in [0.1, 0.15) is 19.5 Å². The Balaban J connectivity index is 2.03. The number of aliphatic carboxylic acids is 2. The largest absolute Gasteiger partial charge is 0.480 e. The summed E-state index contributed by atoms with van der Waals surface area (Å²) in [4.78, 5) is 65.1. The molecule has 6 N–H and O–H groups in total. The zero-order valence-electron chi connectivity index (χ0n) is 25.7. The number of carbonyl (C=O) groups is 5. The lowest BCUT2D eigenvalue weighted by atomic mass is 10.1. The molecule has 0 saturated carbocycles. The Morgan fingerprint density at radius 3 is 1.84 bits per heavy atom. The smallest absolute Gasteiger partial charge is 0.320 e. The van der Waals surface area contributed by atoms with Crippen LogP contribution < -0.4 is 16.4 Å². The summed E-state index contributed by atoms with van der Waals surface area (Å²) in [6.45, 7) is 6.02. The summed E-state index contributed by atoms with van der Waals surface area (Å²) in [6, 6.07) is 6.32. The van der Waals surface area contributed by atoms with Gasteiger partial charge in [0.15, 0.2) is 0 Å². The maximum atomic E-state index is 12.7. The number of rotatable bonds is 19. The van der Waals surface area contributed by atoms with Crippen molar-refractivity contribution < 1.29 is 43.7 Å². The predicted molar refractivity (Wildman–Crippen MR) is 163 cm³/mol. The molecule has 252 valence electrons. The lowest BCUT2D eigenvalue weighted by Crippen LogP contribution is -2.47. The Bertz CT molecular complexity index is 1050. The predicted octanol–water partition coefficient (Wildman–Crippen LogP) is -1.39. The number of carboxylic acid groups (broad SMARTS) is 2. The van der Waals surface area contributed by atoms with Gasteiger partial charge in [0, 0.05) is 64.5 Å². The average Bonchev–Trinajstić information content (AvgIpc) is 3.01. The number of hydrogen-bond acceptors (Lipinski definition) is 13. The van der Waals surface area contributed by atoms with Crippen LogP contribution in [0.5, 0.6) is 0 Å². The van der Waals surface area contributed by atoms with Crippen LogP contribution in [0.15, 0.2) is 24.3 Å². The van der Waals surface area contributed by atoms with Gasteiger partial charge < -0.3 is 30.7 Å². The van der Waals surface area contributed by atoms with Crippen molar-refractivity contribution >= 4 is 30.8 Å². The highest BCUT2D eigenvalue weighted by molar-refractivity contribution is 5.94. The van der Waals surface area contributed by atoms with Gasteiger partial charge in [-0.15, -0.1) is 0 Å². The minimum atomic E-state index is -0.982. The average molecular weight is 638 g/mol. The van der Waals surface area contributed by atoms with Crippen LogP contribution in [0.1, 0.15) is 35.2 Å². The molecule has 1 heterocycles. The van der Waals surface area contributed by atoms with Crippen LogP contribution in [0.2, 0.25) is 0 Å². The number of hydrogen-bond donors (Lipinski definition) is 5. The molecular formula is C29H47N7O9. The first-order chi connectivity index (χ1) is 21.7. The molecule has 0 aliphatic carbocycles. The Labute approximate surface area is 263 Å². The second kappa shape index (κ2) is 21.9. The van der Waals surface area contributed by atoms with Gasteiger partial charge in [-0.3, -0.25) is 48.9 Å². The van der Waals surface area contributed by atoms with E-state index in [0.29, 0.717) is 96.8 Å². The van der Waals surface area contributed by atoms with E-state index < -0.39 is 18.0 Å². The first kappa shape index (κ1) is 37.5. The normalized spacial score (nSPS) is 16.9. The van der Waals surface area contributed by atoms with Crippen LogP contribution in [0.25, 0.3) is 0 Å². The van der Waals surface area contributed by atoms with E-state index >= 15 is 0 Å². The second-order valence-corrected chi connectivity index (χ2v) is 10.7. The van der Waals surface area contributed by atoms with Crippen LogP contribution in [0, 0.1) is 0 Å². The van der Waals surface area contributed by atoms with E-state index in [0.717, 1.165) is 12.0 Å². The quantitative estimate of drug-likeness (QED) is 0.0673. The van der Waals surface area contributed by atoms with E-state index in [-0.39, 0.29) is 32.6 Å². The van der Waals surface area contributed by atoms with Gasteiger partial charge in [-0.2, -0.15) is 0 Å². The van der Waals surface area contributed by atoms with Gasteiger partial charge in [-0.1, -0.05) is 18.6 Å². The molecule has 0 bridgehead atoms. The SMILES string of the molecule is NCCCC[C@H](NCNC(=O)c1ccc(CN2CCN(COC=O)CCN(COC=O)CCN(CC(=O)O)CC2)cc1)C(=O)O. The van der Waals surface area contributed by atoms with E-state index in [2.05, 4.69) is 15.5 Å². The molecule has 1 atom stereocenters. The van der Waals surface area contributed by atoms with E-state index in [1.54, 1.807) is 12.1 Å². The monoisotopic (exact) mass is 637 g/mol. The molecule has 1 aliphatic rings. The highest BCUT2D eigenvalue weighted by Crippen LogP contribution is 2.10. The minimum absolute atomic E-state index is 0.00693. The minimum Gasteiger partial charge on any atom is -0.480 e. The van der Waals surface area contributed by atoms with E-state index in [9.17, 15) is 34.2 Å². The van der Waals surface area contributed by atoms with E-state index in [4.69, 9.17) is 15.2 Å². The van der Waals surface area contributed by atoms with Crippen molar-refractivity contribution in [2.75, 3.05) is 85.6 Å². The summed E-state index contributed by atoms with van der Waals surface area (Å²) in [6.07, 6.45) is 1.82. The molecule has 0 unspecified atom stereocenters. The molecule has 1 saturated heterocycles. The standard InChI is InChI=1S/C29H47N7O9/c30-8-2-1-3-26(29(42)43)31-19-32-28(41)25-6-4-24(5-7-25)17-33-9-10-34(18-27(39)40)12-14-36(21-45-23-38)16-15-35(13-11-33)20-44-22-37/h4-7,22-23,26,31H,1-3,8-21,30H2,(H,32,41)(H,39,40)(H,42,43)/t26-/m0/s1. The summed E-state index contributed by atoms with van der Waals surface area (Å²) >= 11 is 0. The number of nitrogens with one attached hydrogen (secondary N) is 2. The van der Waals surface area contributed by atoms with Gasteiger partial charge in [0.25, 0.3) is 18.9 Å². The zero-order chi connectivity index (χ0) is 32.9. The lowest BCUT2D eigenvalue weighted by Gasteiger charge is -2.33. The van der Waals surface area contributed by atoms with Gasteiger partial charge in [0.2, 0.25) is 0 Å². The van der Waals surface area contributed by atoms with Crippen molar-refractivity contribution in [3.63, 3.8) is 0 Å². The first-order valence-corrected chi connectivity index (χ1v) is 15.0. The molecule has 1 amide bonds. The Hall–Kier alpha value is -3.67. The summed E-state index contributed by atoms with van der Waals surface area (Å²) in [5, 5.41) is 24.4. The van der Waals surface area contributed by atoms with Crippen LogP contribution in [-0.4, -0.2) is 152 Å². The van der Waals surface area contributed by atoms with Gasteiger partial charge in [0.05, 0.1) is 13.2 Å². The van der Waals surface area contributed by atoms with Crippen molar-refractivity contribution in [3.05, 3.63) is 35.4 Å². The van der Waals surface area contributed by atoms with Gasteiger partial charge >= 0.3 is 11.9 Å². The zero-order valence-corrected chi connectivity index (χ0v) is 25.7. The summed E-state index contributed by atoms with van der Waals surface area (Å²) in [5.41, 5.74) is 6.85. The number of benzene rings is 1. The fourth-order valence-electron chi connectivity index (χ4n) is 4.80. The number of nitrogens with zero attached hydrogens (tertiary/aromatic N) is 4. The highest BCUT2D eigenvalue weighted by atomic mass is 16.5.